The van der Waals surface area contributed by atoms with Crippen molar-refractivity contribution in [1.82, 2.24) is 0 Å². The standard InChI is InChI=1S/C45H46N2/c1-3-5-33-45(34-6-4-2,37-21-19-31-43(35-37)46(39-23-11-7-12-24-39)40-25-13-8-14-26-40)38-22-20-32-44(36-38)47(41-27-15-9-16-28-41)42-29-17-10-18-30-42/h7-32,35-36H,3-6,33-34H2,1-2H3. The van der Waals surface area contributed by atoms with Gasteiger partial charge < -0.3 is 9.80 Å². The quantitative estimate of drug-likeness (QED) is 0.120. The molecule has 0 aliphatic carbocycles. The maximum atomic E-state index is 2.46. The Morgan fingerprint density at radius 3 is 0.957 bits per heavy atom. The average molecular weight is 615 g/mol. The fourth-order valence-corrected chi connectivity index (χ4v) is 6.91. The molecule has 0 unspecified atom stereocenters. The Balaban J connectivity index is 1.52. The van der Waals surface area contributed by atoms with Gasteiger partial charge >= 0.3 is 0 Å². The predicted molar refractivity (Wildman–Crippen MR) is 202 cm³/mol. The molecule has 236 valence electrons. The van der Waals surface area contributed by atoms with E-state index in [1.807, 2.05) is 0 Å². The van der Waals surface area contributed by atoms with E-state index in [-0.39, 0.29) is 5.41 Å². The Morgan fingerprint density at radius 1 is 0.362 bits per heavy atom. The van der Waals surface area contributed by atoms with Crippen LogP contribution in [-0.2, 0) is 5.41 Å². The monoisotopic (exact) mass is 614 g/mol. The van der Waals surface area contributed by atoms with E-state index in [0.29, 0.717) is 0 Å². The lowest BCUT2D eigenvalue weighted by molar-refractivity contribution is 0.406. The maximum absolute atomic E-state index is 2.46. The predicted octanol–water partition coefficient (Wildman–Crippen LogP) is 13.3. The van der Waals surface area contributed by atoms with Gasteiger partial charge in [-0.25, -0.2) is 0 Å². The molecule has 0 fully saturated rings. The minimum absolute atomic E-state index is 0.129. The molecule has 2 heteroatoms. The minimum atomic E-state index is -0.129. The highest BCUT2D eigenvalue weighted by molar-refractivity contribution is 5.78. The summed E-state index contributed by atoms with van der Waals surface area (Å²) < 4.78 is 0. The minimum Gasteiger partial charge on any atom is -0.310 e. The molecule has 0 amide bonds. The van der Waals surface area contributed by atoms with Gasteiger partial charge in [-0.15, -0.1) is 0 Å². The first-order chi connectivity index (χ1) is 23.2. The van der Waals surface area contributed by atoms with Crippen LogP contribution in [0, 0.1) is 0 Å². The largest absolute Gasteiger partial charge is 0.310 e. The smallest absolute Gasteiger partial charge is 0.0464 e. The van der Waals surface area contributed by atoms with Crippen molar-refractivity contribution in [1.29, 1.82) is 0 Å². The zero-order valence-corrected chi connectivity index (χ0v) is 27.8. The Bertz CT molecular complexity index is 1580. The van der Waals surface area contributed by atoms with Crippen LogP contribution >= 0.6 is 0 Å². The Labute approximate surface area is 282 Å². The Kier molecular flexibility index (Phi) is 10.5. The fraction of sp³-hybridized carbons (Fsp3) is 0.200. The number of unbranched alkanes of at least 4 members (excludes halogenated alkanes) is 2. The summed E-state index contributed by atoms with van der Waals surface area (Å²) in [4.78, 5) is 4.77. The van der Waals surface area contributed by atoms with E-state index < -0.39 is 0 Å². The van der Waals surface area contributed by atoms with Gasteiger partial charge in [-0.2, -0.15) is 0 Å². The number of hydrogen-bond acceptors (Lipinski definition) is 2. The van der Waals surface area contributed by atoms with Crippen molar-refractivity contribution in [3.63, 3.8) is 0 Å². The van der Waals surface area contributed by atoms with Gasteiger partial charge in [-0.05, 0) is 96.8 Å². The lowest BCUT2D eigenvalue weighted by atomic mass is 9.68. The molecule has 0 saturated heterocycles. The Hall–Kier alpha value is -5.08. The summed E-state index contributed by atoms with van der Waals surface area (Å²) in [6.45, 7) is 4.63. The van der Waals surface area contributed by atoms with Gasteiger partial charge in [0.25, 0.3) is 0 Å². The highest BCUT2D eigenvalue weighted by atomic mass is 15.1. The topological polar surface area (TPSA) is 6.48 Å². The molecule has 0 heterocycles. The van der Waals surface area contributed by atoms with Crippen molar-refractivity contribution in [3.8, 4) is 0 Å². The summed E-state index contributed by atoms with van der Waals surface area (Å²) >= 11 is 0. The summed E-state index contributed by atoms with van der Waals surface area (Å²) in [5, 5.41) is 0. The van der Waals surface area contributed by atoms with Crippen molar-refractivity contribution in [2.45, 2.75) is 57.8 Å². The molecule has 0 spiro atoms. The van der Waals surface area contributed by atoms with E-state index in [2.05, 4.69) is 194 Å². The van der Waals surface area contributed by atoms with Crippen molar-refractivity contribution in [2.75, 3.05) is 9.80 Å². The number of rotatable bonds is 14. The van der Waals surface area contributed by atoms with Crippen LogP contribution in [-0.4, -0.2) is 0 Å². The fourth-order valence-electron chi connectivity index (χ4n) is 6.91. The molecule has 0 aliphatic rings. The highest BCUT2D eigenvalue weighted by Gasteiger charge is 2.34. The second-order valence-electron chi connectivity index (χ2n) is 12.4. The molecular weight excluding hydrogens is 569 g/mol. The van der Waals surface area contributed by atoms with E-state index >= 15 is 0 Å². The summed E-state index contributed by atoms with van der Waals surface area (Å²) in [6, 6.07) is 61.7. The third kappa shape index (κ3) is 7.18. The van der Waals surface area contributed by atoms with Crippen LogP contribution in [0.15, 0.2) is 170 Å². The Morgan fingerprint density at radius 2 is 0.660 bits per heavy atom. The summed E-state index contributed by atoms with van der Waals surface area (Å²) in [7, 11) is 0. The van der Waals surface area contributed by atoms with Crippen molar-refractivity contribution in [3.05, 3.63) is 181 Å². The van der Waals surface area contributed by atoms with Gasteiger partial charge in [0, 0.05) is 39.5 Å². The number of hydrogen-bond donors (Lipinski definition) is 0. The van der Waals surface area contributed by atoms with Crippen LogP contribution in [0.3, 0.4) is 0 Å². The number of anilines is 6. The van der Waals surface area contributed by atoms with Gasteiger partial charge in [0.05, 0.1) is 0 Å². The summed E-state index contributed by atoms with van der Waals surface area (Å²) in [6.07, 6.45) is 6.86. The van der Waals surface area contributed by atoms with Crippen LogP contribution in [0.2, 0.25) is 0 Å². The third-order valence-corrected chi connectivity index (χ3v) is 9.29. The molecule has 0 radical (unpaired) electrons. The molecule has 6 aromatic carbocycles. The second kappa shape index (κ2) is 15.5. The second-order valence-corrected chi connectivity index (χ2v) is 12.4. The average Bonchev–Trinajstić information content (AvgIpc) is 3.14. The maximum Gasteiger partial charge on any atom is 0.0464 e. The molecule has 0 atom stereocenters. The van der Waals surface area contributed by atoms with E-state index in [0.717, 1.165) is 48.4 Å². The van der Waals surface area contributed by atoms with E-state index in [1.165, 1.54) is 35.3 Å². The zero-order valence-electron chi connectivity index (χ0n) is 27.8. The van der Waals surface area contributed by atoms with Crippen LogP contribution in [0.4, 0.5) is 34.1 Å². The van der Waals surface area contributed by atoms with E-state index in [1.54, 1.807) is 0 Å². The van der Waals surface area contributed by atoms with Gasteiger partial charge in [-0.3, -0.25) is 0 Å². The van der Waals surface area contributed by atoms with Crippen LogP contribution < -0.4 is 9.80 Å². The lowest BCUT2D eigenvalue weighted by Crippen LogP contribution is -2.29. The zero-order chi connectivity index (χ0) is 32.3. The number of para-hydroxylation sites is 4. The molecule has 6 rings (SSSR count). The van der Waals surface area contributed by atoms with Crippen LogP contribution in [0.5, 0.6) is 0 Å². The lowest BCUT2D eigenvalue weighted by Gasteiger charge is -2.38. The third-order valence-electron chi connectivity index (χ3n) is 9.29. The first kappa shape index (κ1) is 31.9. The van der Waals surface area contributed by atoms with Gasteiger partial charge in [0.15, 0.2) is 0 Å². The molecule has 0 bridgehead atoms. The van der Waals surface area contributed by atoms with E-state index in [9.17, 15) is 0 Å². The molecule has 0 aliphatic heterocycles. The normalized spacial score (nSPS) is 11.3. The first-order valence-electron chi connectivity index (χ1n) is 17.2. The molecule has 0 saturated carbocycles. The molecule has 0 aromatic heterocycles. The van der Waals surface area contributed by atoms with Crippen LogP contribution in [0.1, 0.15) is 63.5 Å². The molecular formula is C45H46N2. The molecule has 2 nitrogen and oxygen atoms in total. The van der Waals surface area contributed by atoms with Gasteiger partial charge in [-0.1, -0.05) is 137 Å². The molecule has 0 N–H and O–H groups in total. The van der Waals surface area contributed by atoms with Crippen molar-refractivity contribution >= 4 is 34.1 Å². The molecule has 6 aromatic rings. The molecule has 47 heavy (non-hydrogen) atoms. The first-order valence-corrected chi connectivity index (χ1v) is 17.2. The van der Waals surface area contributed by atoms with Crippen LogP contribution in [0.25, 0.3) is 0 Å². The number of nitrogens with zero attached hydrogens (tertiary/aromatic N) is 2. The van der Waals surface area contributed by atoms with Gasteiger partial charge in [0.2, 0.25) is 0 Å². The number of benzene rings is 6. The van der Waals surface area contributed by atoms with Crippen molar-refractivity contribution in [2.24, 2.45) is 0 Å². The van der Waals surface area contributed by atoms with Gasteiger partial charge in [0.1, 0.15) is 0 Å². The van der Waals surface area contributed by atoms with Crippen molar-refractivity contribution < 1.29 is 0 Å². The highest BCUT2D eigenvalue weighted by Crippen LogP contribution is 2.46. The van der Waals surface area contributed by atoms with E-state index in [4.69, 9.17) is 0 Å². The summed E-state index contributed by atoms with van der Waals surface area (Å²) in [5.74, 6) is 0. The SMILES string of the molecule is CCCCC(CCCC)(c1cccc(N(c2ccccc2)c2ccccc2)c1)c1cccc(N(c2ccccc2)c2ccccc2)c1. The summed E-state index contributed by atoms with van der Waals surface area (Å²) in [5.41, 5.74) is 9.65.